The van der Waals surface area contributed by atoms with Crippen molar-refractivity contribution in [2.75, 3.05) is 18.6 Å². The standard InChI is InChI=1S/C30H28N2O5S/c1-5-37-22-8-6-7-20(15-22)27(33)25-26(19-11-9-18(10-12-19)17(2)3)32(29(35)28(25)34)30-31-23-14-13-21(36-4)16-24(23)38-30/h6-17,26,33H,5H2,1-4H3. The van der Waals surface area contributed by atoms with Gasteiger partial charge in [0.2, 0.25) is 0 Å². The number of carbonyl (C=O) groups is 2. The molecule has 7 nitrogen and oxygen atoms in total. The van der Waals surface area contributed by atoms with E-state index in [1.807, 2.05) is 43.3 Å². The molecule has 0 aliphatic carbocycles. The van der Waals surface area contributed by atoms with Gasteiger partial charge in [-0.3, -0.25) is 14.5 Å². The molecule has 38 heavy (non-hydrogen) atoms. The highest BCUT2D eigenvalue weighted by Crippen LogP contribution is 2.45. The van der Waals surface area contributed by atoms with Gasteiger partial charge in [-0.25, -0.2) is 4.98 Å². The predicted octanol–water partition coefficient (Wildman–Crippen LogP) is 6.45. The van der Waals surface area contributed by atoms with Crippen molar-refractivity contribution in [2.24, 2.45) is 0 Å². The fourth-order valence-electron chi connectivity index (χ4n) is 4.59. The third-order valence-corrected chi connectivity index (χ3v) is 7.59. The minimum Gasteiger partial charge on any atom is -0.507 e. The highest BCUT2D eigenvalue weighted by molar-refractivity contribution is 7.22. The van der Waals surface area contributed by atoms with Gasteiger partial charge in [0.05, 0.1) is 35.5 Å². The zero-order valence-corrected chi connectivity index (χ0v) is 22.4. The number of rotatable bonds is 7. The summed E-state index contributed by atoms with van der Waals surface area (Å²) < 4.78 is 11.7. The molecule has 1 fully saturated rings. The molecule has 1 aliphatic heterocycles. The largest absolute Gasteiger partial charge is 0.507 e. The van der Waals surface area contributed by atoms with Gasteiger partial charge in [-0.2, -0.15) is 0 Å². The monoisotopic (exact) mass is 528 g/mol. The van der Waals surface area contributed by atoms with E-state index in [0.29, 0.717) is 45.8 Å². The van der Waals surface area contributed by atoms with Crippen LogP contribution in [0.25, 0.3) is 16.0 Å². The number of aliphatic hydroxyl groups is 1. The molecule has 1 unspecified atom stereocenters. The molecule has 5 rings (SSSR count). The van der Waals surface area contributed by atoms with Crippen molar-refractivity contribution < 1.29 is 24.2 Å². The minimum absolute atomic E-state index is 0.0118. The summed E-state index contributed by atoms with van der Waals surface area (Å²) in [6, 6.07) is 19.2. The van der Waals surface area contributed by atoms with Crippen molar-refractivity contribution in [2.45, 2.75) is 32.7 Å². The second kappa shape index (κ2) is 10.3. The van der Waals surface area contributed by atoms with Crippen molar-refractivity contribution in [1.82, 2.24) is 4.98 Å². The Labute approximate surface area is 225 Å². The molecule has 2 heterocycles. The van der Waals surface area contributed by atoms with Crippen molar-refractivity contribution in [3.63, 3.8) is 0 Å². The normalized spacial score (nSPS) is 17.0. The number of carbonyl (C=O) groups excluding carboxylic acids is 2. The Hall–Kier alpha value is -4.17. The molecule has 1 aliphatic rings. The predicted molar refractivity (Wildman–Crippen MR) is 149 cm³/mol. The topological polar surface area (TPSA) is 89.0 Å². The maximum atomic E-state index is 13.5. The summed E-state index contributed by atoms with van der Waals surface area (Å²) >= 11 is 1.29. The Kier molecular flexibility index (Phi) is 6.91. The maximum Gasteiger partial charge on any atom is 0.301 e. The number of ether oxygens (including phenoxy) is 2. The van der Waals surface area contributed by atoms with Crippen LogP contribution in [0.2, 0.25) is 0 Å². The molecule has 0 saturated carbocycles. The number of aliphatic hydroxyl groups excluding tert-OH is 1. The van der Waals surface area contributed by atoms with Gasteiger partial charge in [-0.05, 0) is 54.3 Å². The number of hydrogen-bond acceptors (Lipinski definition) is 7. The van der Waals surface area contributed by atoms with Crippen LogP contribution < -0.4 is 14.4 Å². The van der Waals surface area contributed by atoms with Gasteiger partial charge in [-0.15, -0.1) is 0 Å². The first-order valence-corrected chi connectivity index (χ1v) is 13.2. The van der Waals surface area contributed by atoms with Crippen LogP contribution in [0, 0.1) is 0 Å². The number of ketones is 1. The summed E-state index contributed by atoms with van der Waals surface area (Å²) in [5.74, 6) is -0.215. The summed E-state index contributed by atoms with van der Waals surface area (Å²) in [6.45, 7) is 6.52. The fourth-order valence-corrected chi connectivity index (χ4v) is 5.61. The maximum absolute atomic E-state index is 13.5. The van der Waals surface area contributed by atoms with Crippen LogP contribution in [0.4, 0.5) is 5.13 Å². The van der Waals surface area contributed by atoms with Crippen LogP contribution in [-0.4, -0.2) is 35.5 Å². The fraction of sp³-hybridized carbons (Fsp3) is 0.233. The number of aromatic nitrogens is 1. The number of Topliss-reactive ketones (excluding diaryl/α,β-unsaturated/α-hetero) is 1. The molecule has 1 aromatic heterocycles. The van der Waals surface area contributed by atoms with Crippen LogP contribution in [-0.2, 0) is 9.59 Å². The lowest BCUT2D eigenvalue weighted by molar-refractivity contribution is -0.132. The molecule has 194 valence electrons. The van der Waals surface area contributed by atoms with Gasteiger partial charge in [0.1, 0.15) is 17.3 Å². The van der Waals surface area contributed by atoms with Crippen LogP contribution in [0.1, 0.15) is 49.4 Å². The SMILES string of the molecule is CCOc1cccc(C(O)=C2C(=O)C(=O)N(c3nc4ccc(OC)cc4s3)C2c2ccc(C(C)C)cc2)c1. The van der Waals surface area contributed by atoms with Crippen LogP contribution in [0.15, 0.2) is 72.3 Å². The van der Waals surface area contributed by atoms with Crippen LogP contribution in [0.5, 0.6) is 11.5 Å². The van der Waals surface area contributed by atoms with E-state index in [-0.39, 0.29) is 11.3 Å². The zero-order chi connectivity index (χ0) is 27.0. The van der Waals surface area contributed by atoms with Gasteiger partial charge in [0.15, 0.2) is 5.13 Å². The number of anilines is 1. The lowest BCUT2D eigenvalue weighted by Crippen LogP contribution is -2.29. The van der Waals surface area contributed by atoms with Crippen molar-refractivity contribution >= 4 is 44.1 Å². The molecule has 8 heteroatoms. The third-order valence-electron chi connectivity index (χ3n) is 6.57. The number of thiazole rings is 1. The summed E-state index contributed by atoms with van der Waals surface area (Å²) in [5, 5.41) is 11.8. The number of amides is 1. The Balaban J connectivity index is 1.69. The number of nitrogens with zero attached hydrogens (tertiary/aromatic N) is 2. The van der Waals surface area contributed by atoms with Crippen molar-refractivity contribution in [1.29, 1.82) is 0 Å². The Morgan fingerprint density at radius 1 is 1.05 bits per heavy atom. The van der Waals surface area contributed by atoms with E-state index < -0.39 is 17.7 Å². The first-order chi connectivity index (χ1) is 18.3. The smallest absolute Gasteiger partial charge is 0.301 e. The van der Waals surface area contributed by atoms with Gasteiger partial charge >= 0.3 is 5.91 Å². The molecule has 1 atom stereocenters. The Morgan fingerprint density at radius 3 is 2.50 bits per heavy atom. The van der Waals surface area contributed by atoms with E-state index in [1.165, 1.54) is 16.2 Å². The molecule has 0 bridgehead atoms. The van der Waals surface area contributed by atoms with E-state index in [0.717, 1.165) is 10.3 Å². The first kappa shape index (κ1) is 25.5. The first-order valence-electron chi connectivity index (χ1n) is 12.4. The minimum atomic E-state index is -0.852. The molecular weight excluding hydrogens is 500 g/mol. The molecule has 1 N–H and O–H groups in total. The molecule has 3 aromatic carbocycles. The number of benzene rings is 3. The Bertz CT molecular complexity index is 1550. The van der Waals surface area contributed by atoms with Crippen LogP contribution >= 0.6 is 11.3 Å². The molecular formula is C30H28N2O5S. The highest BCUT2D eigenvalue weighted by Gasteiger charge is 2.48. The van der Waals surface area contributed by atoms with E-state index in [1.54, 1.807) is 37.4 Å². The Morgan fingerprint density at radius 2 is 1.82 bits per heavy atom. The average Bonchev–Trinajstić information content (AvgIpc) is 3.46. The van der Waals surface area contributed by atoms with Crippen LogP contribution in [0.3, 0.4) is 0 Å². The zero-order valence-electron chi connectivity index (χ0n) is 21.6. The van der Waals surface area contributed by atoms with Gasteiger partial charge in [-0.1, -0.05) is 61.6 Å². The van der Waals surface area contributed by atoms with E-state index >= 15 is 0 Å². The number of fused-ring (bicyclic) bond motifs is 1. The van der Waals surface area contributed by atoms with Crippen molar-refractivity contribution in [3.8, 4) is 11.5 Å². The number of methoxy groups -OCH3 is 1. The van der Waals surface area contributed by atoms with Crippen molar-refractivity contribution in [3.05, 3.63) is 89.0 Å². The third kappa shape index (κ3) is 4.52. The van der Waals surface area contributed by atoms with E-state index in [4.69, 9.17) is 9.47 Å². The molecule has 0 radical (unpaired) electrons. The molecule has 1 amide bonds. The molecule has 1 saturated heterocycles. The van der Waals surface area contributed by atoms with Gasteiger partial charge in [0.25, 0.3) is 5.78 Å². The molecule has 4 aromatic rings. The quantitative estimate of drug-likeness (QED) is 0.168. The summed E-state index contributed by atoms with van der Waals surface area (Å²) in [7, 11) is 1.59. The second-order valence-electron chi connectivity index (χ2n) is 9.28. The summed E-state index contributed by atoms with van der Waals surface area (Å²) in [5.41, 5.74) is 2.92. The average molecular weight is 529 g/mol. The summed E-state index contributed by atoms with van der Waals surface area (Å²) in [6.07, 6.45) is 0. The highest BCUT2D eigenvalue weighted by atomic mass is 32.1. The van der Waals surface area contributed by atoms with E-state index in [9.17, 15) is 14.7 Å². The van der Waals surface area contributed by atoms with Gasteiger partial charge < -0.3 is 14.6 Å². The number of hydrogen-bond donors (Lipinski definition) is 1. The van der Waals surface area contributed by atoms with E-state index in [2.05, 4.69) is 18.8 Å². The van der Waals surface area contributed by atoms with Gasteiger partial charge in [0, 0.05) is 5.56 Å². The molecule has 0 spiro atoms. The second-order valence-corrected chi connectivity index (χ2v) is 10.3. The lowest BCUT2D eigenvalue weighted by Gasteiger charge is -2.23. The summed E-state index contributed by atoms with van der Waals surface area (Å²) in [4.78, 5) is 33.1. The lowest BCUT2D eigenvalue weighted by atomic mass is 9.93.